The van der Waals surface area contributed by atoms with Gasteiger partial charge < -0.3 is 9.42 Å². The lowest BCUT2D eigenvalue weighted by Crippen LogP contribution is -2.30. The Balaban J connectivity index is 1.51. The van der Waals surface area contributed by atoms with Gasteiger partial charge in [-0.05, 0) is 43.4 Å². The molecule has 2 aromatic rings. The van der Waals surface area contributed by atoms with Crippen LogP contribution in [0, 0.1) is 0 Å². The van der Waals surface area contributed by atoms with Crippen LogP contribution in [0.1, 0.15) is 78.7 Å². The molecule has 1 unspecified atom stereocenters. The minimum absolute atomic E-state index is 0.0491. The van der Waals surface area contributed by atoms with Gasteiger partial charge in [-0.25, -0.2) is 0 Å². The van der Waals surface area contributed by atoms with Crippen molar-refractivity contribution in [3.8, 4) is 0 Å². The Kier molecular flexibility index (Phi) is 4.80. The minimum Gasteiger partial charge on any atom is -0.351 e. The highest BCUT2D eigenvalue weighted by Gasteiger charge is 2.33. The van der Waals surface area contributed by atoms with Gasteiger partial charge in [0, 0.05) is 23.6 Å². The third-order valence-electron chi connectivity index (χ3n) is 5.53. The fourth-order valence-corrected chi connectivity index (χ4v) is 4.29. The number of rotatable bonds is 3. The van der Waals surface area contributed by atoms with Gasteiger partial charge >= 0.3 is 0 Å². The number of likely N-dealkylation sites (tertiary alicyclic amines) is 1. The molecule has 2 fully saturated rings. The van der Waals surface area contributed by atoms with Gasteiger partial charge in [0.15, 0.2) is 0 Å². The molecule has 1 amide bonds. The third-order valence-corrected chi connectivity index (χ3v) is 5.78. The third kappa shape index (κ3) is 3.45. The second-order valence-corrected chi connectivity index (χ2v) is 7.60. The van der Waals surface area contributed by atoms with E-state index >= 15 is 0 Å². The van der Waals surface area contributed by atoms with E-state index in [-0.39, 0.29) is 11.9 Å². The van der Waals surface area contributed by atoms with Gasteiger partial charge in [-0.2, -0.15) is 0 Å². The quantitative estimate of drug-likeness (QED) is 0.742. The summed E-state index contributed by atoms with van der Waals surface area (Å²) in [6.45, 7) is 0.756. The summed E-state index contributed by atoms with van der Waals surface area (Å²) in [5.74, 6) is 0.776. The highest BCUT2D eigenvalue weighted by atomic mass is 35.5. The fourth-order valence-electron chi connectivity index (χ4n) is 4.16. The Morgan fingerprint density at radius 1 is 1.08 bits per heavy atom. The Hall–Kier alpha value is -1.81. The van der Waals surface area contributed by atoms with Crippen LogP contribution in [0.25, 0.3) is 0 Å². The molecule has 1 aliphatic heterocycles. The van der Waals surface area contributed by atoms with Crippen LogP contribution < -0.4 is 0 Å². The van der Waals surface area contributed by atoms with Gasteiger partial charge in [0.25, 0.3) is 5.91 Å². The molecule has 0 spiro atoms. The van der Waals surface area contributed by atoms with Gasteiger partial charge in [-0.1, -0.05) is 48.2 Å². The molecular formula is C20H23ClN2O2. The van der Waals surface area contributed by atoms with Gasteiger partial charge in [0.1, 0.15) is 0 Å². The number of aromatic nitrogens is 1. The molecule has 2 heterocycles. The van der Waals surface area contributed by atoms with E-state index in [0.29, 0.717) is 16.7 Å². The van der Waals surface area contributed by atoms with Gasteiger partial charge in [-0.15, -0.1) is 0 Å². The van der Waals surface area contributed by atoms with Crippen LogP contribution in [0.15, 0.2) is 34.9 Å². The lowest BCUT2D eigenvalue weighted by Gasteiger charge is -2.24. The smallest absolute Gasteiger partial charge is 0.292 e. The van der Waals surface area contributed by atoms with Crippen molar-refractivity contribution in [2.45, 2.75) is 56.9 Å². The Bertz CT molecular complexity index is 734. The van der Waals surface area contributed by atoms with Crippen LogP contribution in [0.2, 0.25) is 5.02 Å². The lowest BCUT2D eigenvalue weighted by atomic mass is 9.87. The van der Waals surface area contributed by atoms with Crippen LogP contribution >= 0.6 is 11.6 Å². The summed E-state index contributed by atoms with van der Waals surface area (Å²) < 4.78 is 5.43. The van der Waals surface area contributed by atoms with Gasteiger partial charge in [-0.3, -0.25) is 4.79 Å². The Labute approximate surface area is 153 Å². The van der Waals surface area contributed by atoms with Crippen LogP contribution in [0.5, 0.6) is 0 Å². The zero-order chi connectivity index (χ0) is 17.2. The van der Waals surface area contributed by atoms with Gasteiger partial charge in [0.05, 0.1) is 11.7 Å². The number of carbonyl (C=O) groups is 1. The second-order valence-electron chi connectivity index (χ2n) is 7.16. The number of benzene rings is 1. The van der Waals surface area contributed by atoms with E-state index in [2.05, 4.69) is 5.16 Å². The van der Waals surface area contributed by atoms with Crippen molar-refractivity contribution in [1.29, 1.82) is 0 Å². The summed E-state index contributed by atoms with van der Waals surface area (Å²) in [7, 11) is 0. The standard InChI is InChI=1S/C20H23ClN2O2/c21-16-10-8-15(9-11-16)18-7-4-12-23(18)20(24)19-13-17(22-25-19)14-5-2-1-3-6-14/h8-11,13-14,18H,1-7,12H2. The maximum atomic E-state index is 13.0. The maximum absolute atomic E-state index is 13.0. The zero-order valence-electron chi connectivity index (χ0n) is 14.3. The zero-order valence-corrected chi connectivity index (χ0v) is 15.0. The highest BCUT2D eigenvalue weighted by Crippen LogP contribution is 2.35. The van der Waals surface area contributed by atoms with Crippen LogP contribution in [-0.2, 0) is 0 Å². The molecule has 25 heavy (non-hydrogen) atoms. The van der Waals surface area contributed by atoms with Crippen LogP contribution in [-0.4, -0.2) is 22.5 Å². The van der Waals surface area contributed by atoms with Crippen LogP contribution in [0.3, 0.4) is 0 Å². The van der Waals surface area contributed by atoms with Gasteiger partial charge in [0.2, 0.25) is 5.76 Å². The Morgan fingerprint density at radius 2 is 1.84 bits per heavy atom. The molecule has 1 saturated carbocycles. The molecule has 1 saturated heterocycles. The minimum atomic E-state index is -0.0491. The first-order valence-corrected chi connectivity index (χ1v) is 9.63. The molecule has 1 aliphatic carbocycles. The SMILES string of the molecule is O=C(c1cc(C2CCCCC2)no1)N1CCCC1c1ccc(Cl)cc1. The van der Waals surface area contributed by atoms with E-state index in [9.17, 15) is 4.79 Å². The molecule has 1 atom stereocenters. The van der Waals surface area contributed by atoms with Crippen molar-refractivity contribution >= 4 is 17.5 Å². The summed E-state index contributed by atoms with van der Waals surface area (Å²) >= 11 is 5.99. The molecule has 132 valence electrons. The second kappa shape index (κ2) is 7.20. The molecule has 0 N–H and O–H groups in total. The molecule has 4 rings (SSSR count). The molecule has 2 aliphatic rings. The Morgan fingerprint density at radius 3 is 2.60 bits per heavy atom. The van der Waals surface area contributed by atoms with E-state index < -0.39 is 0 Å². The molecule has 1 aromatic carbocycles. The van der Waals surface area contributed by atoms with E-state index in [0.717, 1.165) is 43.5 Å². The molecule has 5 heteroatoms. The number of hydrogen-bond acceptors (Lipinski definition) is 3. The topological polar surface area (TPSA) is 46.3 Å². The van der Waals surface area contributed by atoms with E-state index in [4.69, 9.17) is 16.1 Å². The fraction of sp³-hybridized carbons (Fsp3) is 0.500. The number of carbonyl (C=O) groups excluding carboxylic acids is 1. The predicted molar refractivity (Wildman–Crippen MR) is 96.8 cm³/mol. The molecule has 0 bridgehead atoms. The summed E-state index contributed by atoms with van der Waals surface area (Å²) in [6.07, 6.45) is 8.06. The molecule has 4 nitrogen and oxygen atoms in total. The average Bonchev–Trinajstić information content (AvgIpc) is 3.32. The summed E-state index contributed by atoms with van der Waals surface area (Å²) in [4.78, 5) is 14.9. The van der Waals surface area contributed by atoms with E-state index in [1.54, 1.807) is 0 Å². The van der Waals surface area contributed by atoms with Crippen molar-refractivity contribution in [3.05, 3.63) is 52.4 Å². The van der Waals surface area contributed by atoms with Crippen molar-refractivity contribution in [2.24, 2.45) is 0 Å². The van der Waals surface area contributed by atoms with E-state index in [1.807, 2.05) is 35.2 Å². The summed E-state index contributed by atoms with van der Waals surface area (Å²) in [5, 5.41) is 4.92. The first-order valence-electron chi connectivity index (χ1n) is 9.25. The highest BCUT2D eigenvalue weighted by molar-refractivity contribution is 6.30. The summed E-state index contributed by atoms with van der Waals surface area (Å²) in [5.41, 5.74) is 2.08. The summed E-state index contributed by atoms with van der Waals surface area (Å²) in [6, 6.07) is 9.74. The predicted octanol–water partition coefficient (Wildman–Crippen LogP) is 5.35. The van der Waals surface area contributed by atoms with Crippen molar-refractivity contribution < 1.29 is 9.32 Å². The van der Waals surface area contributed by atoms with Crippen molar-refractivity contribution in [2.75, 3.05) is 6.54 Å². The number of halogens is 1. The normalized spacial score (nSPS) is 21.6. The molecule has 0 radical (unpaired) electrons. The van der Waals surface area contributed by atoms with Crippen molar-refractivity contribution in [3.63, 3.8) is 0 Å². The monoisotopic (exact) mass is 358 g/mol. The largest absolute Gasteiger partial charge is 0.351 e. The average molecular weight is 359 g/mol. The molecular weight excluding hydrogens is 336 g/mol. The number of nitrogens with zero attached hydrogens (tertiary/aromatic N) is 2. The number of amides is 1. The number of hydrogen-bond donors (Lipinski definition) is 0. The first kappa shape index (κ1) is 16.6. The van der Waals surface area contributed by atoms with Crippen molar-refractivity contribution in [1.82, 2.24) is 10.1 Å². The molecule has 1 aromatic heterocycles. The maximum Gasteiger partial charge on any atom is 0.292 e. The van der Waals surface area contributed by atoms with Crippen LogP contribution in [0.4, 0.5) is 0 Å². The first-order chi connectivity index (χ1) is 12.2. The lowest BCUT2D eigenvalue weighted by molar-refractivity contribution is 0.0693. The van der Waals surface area contributed by atoms with E-state index in [1.165, 1.54) is 19.3 Å².